The molecule has 1 heterocycles. The van der Waals surface area contributed by atoms with Gasteiger partial charge in [-0.1, -0.05) is 0 Å². The molecule has 0 saturated heterocycles. The Bertz CT molecular complexity index is 1220. The Kier molecular flexibility index (Phi) is 6.30. The quantitative estimate of drug-likeness (QED) is 0.408. The summed E-state index contributed by atoms with van der Waals surface area (Å²) < 4.78 is 70.6. The smallest absolute Gasteiger partial charge is 0.277 e. The van der Waals surface area contributed by atoms with Gasteiger partial charge in [-0.05, 0) is 73.1 Å². The van der Waals surface area contributed by atoms with Gasteiger partial charge >= 0.3 is 0 Å². The summed E-state index contributed by atoms with van der Waals surface area (Å²) in [7, 11) is -3.74. The van der Waals surface area contributed by atoms with Gasteiger partial charge in [0.15, 0.2) is 0 Å². The van der Waals surface area contributed by atoms with E-state index in [0.29, 0.717) is 29.5 Å². The largest absolute Gasteiger partial charge is 0.395 e. The Hall–Kier alpha value is -2.40. The highest BCUT2D eigenvalue weighted by atomic mass is 32.2. The summed E-state index contributed by atoms with van der Waals surface area (Å²) in [5.74, 6) is -1.78. The van der Waals surface area contributed by atoms with E-state index in [2.05, 4.69) is 14.4 Å². The summed E-state index contributed by atoms with van der Waals surface area (Å²) in [5.41, 5.74) is 2.19. The number of aliphatic hydroxyl groups is 1. The number of aromatic amines is 1. The van der Waals surface area contributed by atoms with Gasteiger partial charge in [-0.2, -0.15) is 13.1 Å². The van der Waals surface area contributed by atoms with Gasteiger partial charge in [0.05, 0.1) is 17.8 Å². The summed E-state index contributed by atoms with van der Waals surface area (Å²) in [6.07, 6.45) is 1.24. The Labute approximate surface area is 184 Å². The molecule has 3 aromatic rings. The molecule has 0 radical (unpaired) electrons. The molecule has 1 atom stereocenters. The van der Waals surface area contributed by atoms with E-state index < -0.39 is 33.7 Å². The second-order valence-electron chi connectivity index (χ2n) is 8.32. The molecule has 2 aromatic carbocycles. The maximum atomic E-state index is 14.4. The molecule has 0 bridgehead atoms. The molecule has 10 heteroatoms. The van der Waals surface area contributed by atoms with Crippen molar-refractivity contribution in [3.63, 3.8) is 0 Å². The van der Waals surface area contributed by atoms with Crippen molar-refractivity contribution in [3.05, 3.63) is 59.4 Å². The van der Waals surface area contributed by atoms with E-state index in [4.69, 9.17) is 5.11 Å². The maximum absolute atomic E-state index is 14.4. The van der Waals surface area contributed by atoms with E-state index in [1.54, 1.807) is 19.1 Å². The van der Waals surface area contributed by atoms with Gasteiger partial charge in [-0.25, -0.2) is 17.9 Å². The number of aliphatic hydroxyl groups excluding tert-OH is 1. The van der Waals surface area contributed by atoms with E-state index in [9.17, 15) is 21.6 Å². The molecule has 6 nitrogen and oxygen atoms in total. The summed E-state index contributed by atoms with van der Waals surface area (Å²) in [5, 5.41) is 9.44. The predicted octanol–water partition coefficient (Wildman–Crippen LogP) is 3.55. The van der Waals surface area contributed by atoms with Crippen molar-refractivity contribution in [2.24, 2.45) is 5.92 Å². The summed E-state index contributed by atoms with van der Waals surface area (Å²) in [6.45, 7) is 1.44. The first-order valence-corrected chi connectivity index (χ1v) is 11.8. The van der Waals surface area contributed by atoms with Gasteiger partial charge in [0.25, 0.3) is 10.2 Å². The lowest BCUT2D eigenvalue weighted by Gasteiger charge is -2.36. The molecule has 1 aliphatic rings. The summed E-state index contributed by atoms with van der Waals surface area (Å²) >= 11 is 0. The molecule has 0 aliphatic heterocycles. The van der Waals surface area contributed by atoms with Crippen LogP contribution in [0.4, 0.5) is 13.2 Å². The molecule has 0 amide bonds. The van der Waals surface area contributed by atoms with Crippen LogP contribution in [0.15, 0.2) is 36.4 Å². The third-order valence-corrected chi connectivity index (χ3v) is 7.09. The number of nitrogens with one attached hydrogen (secondary N) is 3. The van der Waals surface area contributed by atoms with Crippen LogP contribution in [0.3, 0.4) is 0 Å². The molecule has 4 N–H and O–H groups in total. The van der Waals surface area contributed by atoms with E-state index in [0.717, 1.165) is 11.6 Å². The lowest BCUT2D eigenvalue weighted by molar-refractivity contribution is 0.260. The van der Waals surface area contributed by atoms with Crippen LogP contribution in [0.1, 0.15) is 31.2 Å². The van der Waals surface area contributed by atoms with Crippen molar-refractivity contribution < 1.29 is 26.7 Å². The van der Waals surface area contributed by atoms with Crippen molar-refractivity contribution >= 4 is 21.1 Å². The minimum absolute atomic E-state index is 0.0381. The van der Waals surface area contributed by atoms with Crippen molar-refractivity contribution in [2.75, 3.05) is 13.2 Å². The molecule has 1 aromatic heterocycles. The van der Waals surface area contributed by atoms with Crippen LogP contribution >= 0.6 is 0 Å². The Morgan fingerprint density at radius 3 is 2.47 bits per heavy atom. The average Bonchev–Trinajstić information content (AvgIpc) is 3.06. The predicted molar refractivity (Wildman–Crippen MR) is 116 cm³/mol. The minimum Gasteiger partial charge on any atom is -0.395 e. The highest BCUT2D eigenvalue weighted by Gasteiger charge is 2.35. The van der Waals surface area contributed by atoms with Crippen molar-refractivity contribution in [1.82, 2.24) is 14.4 Å². The fraction of sp³-hybridized carbons (Fsp3) is 0.364. The number of fused-ring (bicyclic) bond motifs is 1. The standard InChI is InChI=1S/C22H24F3N3O3S/c1-12(11-29)28-32(30,31)26-10-13-6-15(7-13)20-18-8-17(24)9-19(25)22(18)27-21(20)14-2-4-16(23)5-3-14/h2-5,8-9,12-13,15,26-29H,6-7,10-11H2,1H3/t12-,13?,15?/m0/s1. The van der Waals surface area contributed by atoms with Gasteiger partial charge in [0.2, 0.25) is 0 Å². The Morgan fingerprint density at radius 2 is 1.81 bits per heavy atom. The van der Waals surface area contributed by atoms with Gasteiger partial charge in [0.1, 0.15) is 17.5 Å². The minimum atomic E-state index is -3.74. The number of halogens is 3. The Morgan fingerprint density at radius 1 is 1.12 bits per heavy atom. The zero-order chi connectivity index (χ0) is 23.0. The van der Waals surface area contributed by atoms with Crippen molar-refractivity contribution in [3.8, 4) is 11.3 Å². The van der Waals surface area contributed by atoms with Gasteiger partial charge in [-0.3, -0.25) is 0 Å². The second kappa shape index (κ2) is 8.86. The average molecular weight is 468 g/mol. The van der Waals surface area contributed by atoms with Crippen LogP contribution in [-0.2, 0) is 10.2 Å². The van der Waals surface area contributed by atoms with E-state index in [-0.39, 0.29) is 30.5 Å². The topological polar surface area (TPSA) is 94.2 Å². The van der Waals surface area contributed by atoms with Gasteiger partial charge in [0, 0.05) is 24.0 Å². The van der Waals surface area contributed by atoms with E-state index >= 15 is 0 Å². The molecule has 1 saturated carbocycles. The lowest BCUT2D eigenvalue weighted by atomic mass is 9.70. The SMILES string of the molecule is C[C@@H](CO)NS(=O)(=O)NCC1CC(c2c(-c3ccc(F)cc3)[nH]c3c(F)cc(F)cc23)C1. The molecule has 0 unspecified atom stereocenters. The molecule has 0 spiro atoms. The number of aromatic nitrogens is 1. The summed E-state index contributed by atoms with van der Waals surface area (Å²) in [4.78, 5) is 3.03. The van der Waals surface area contributed by atoms with Crippen LogP contribution in [-0.4, -0.2) is 37.7 Å². The zero-order valence-corrected chi connectivity index (χ0v) is 18.1. The van der Waals surface area contributed by atoms with Gasteiger partial charge < -0.3 is 10.1 Å². The molecule has 1 aliphatic carbocycles. The highest BCUT2D eigenvalue weighted by Crippen LogP contribution is 2.48. The third-order valence-electron chi connectivity index (χ3n) is 5.83. The van der Waals surface area contributed by atoms with Crippen LogP contribution < -0.4 is 9.44 Å². The van der Waals surface area contributed by atoms with Crippen molar-refractivity contribution in [1.29, 1.82) is 0 Å². The summed E-state index contributed by atoms with van der Waals surface area (Å²) in [6, 6.07) is 7.27. The maximum Gasteiger partial charge on any atom is 0.277 e. The van der Waals surface area contributed by atoms with Crippen molar-refractivity contribution in [2.45, 2.75) is 31.7 Å². The fourth-order valence-corrected chi connectivity index (χ4v) is 5.36. The first kappa shape index (κ1) is 22.8. The fourth-order valence-electron chi connectivity index (χ4n) is 4.22. The van der Waals surface area contributed by atoms with Crippen LogP contribution in [0.2, 0.25) is 0 Å². The molecule has 1 fully saturated rings. The van der Waals surface area contributed by atoms with Crippen LogP contribution in [0, 0.1) is 23.4 Å². The number of hydrogen-bond donors (Lipinski definition) is 4. The molecular weight excluding hydrogens is 443 g/mol. The number of H-pyrrole nitrogens is 1. The highest BCUT2D eigenvalue weighted by molar-refractivity contribution is 7.87. The van der Waals surface area contributed by atoms with Crippen LogP contribution in [0.25, 0.3) is 22.2 Å². The second-order valence-corrected chi connectivity index (χ2v) is 9.85. The number of benzene rings is 2. The third kappa shape index (κ3) is 4.68. The van der Waals surface area contributed by atoms with E-state index in [1.807, 2.05) is 0 Å². The molecule has 172 valence electrons. The zero-order valence-electron chi connectivity index (χ0n) is 17.3. The molecule has 4 rings (SSSR count). The normalized spacial score (nSPS) is 19.8. The first-order valence-electron chi connectivity index (χ1n) is 10.3. The van der Waals surface area contributed by atoms with E-state index in [1.165, 1.54) is 18.2 Å². The lowest BCUT2D eigenvalue weighted by Crippen LogP contribution is -2.45. The monoisotopic (exact) mass is 467 g/mol. The molecule has 32 heavy (non-hydrogen) atoms. The number of hydrogen-bond acceptors (Lipinski definition) is 3. The first-order chi connectivity index (χ1) is 15.2. The van der Waals surface area contributed by atoms with Crippen LogP contribution in [0.5, 0.6) is 0 Å². The van der Waals surface area contributed by atoms with Gasteiger partial charge in [-0.15, -0.1) is 0 Å². The number of rotatable bonds is 8. The molecular formula is C22H24F3N3O3S. The Balaban J connectivity index is 1.57.